The molecule has 3 aromatic rings. The van der Waals surface area contributed by atoms with Gasteiger partial charge in [0.15, 0.2) is 0 Å². The van der Waals surface area contributed by atoms with Gasteiger partial charge in [-0.25, -0.2) is 4.98 Å². The molecule has 6 heteroatoms. The molecule has 0 aliphatic heterocycles. The molecule has 0 aliphatic carbocycles. The molecule has 0 saturated carbocycles. The van der Waals surface area contributed by atoms with Crippen molar-refractivity contribution in [3.05, 3.63) is 59.1 Å². The molecule has 118 valence electrons. The van der Waals surface area contributed by atoms with Gasteiger partial charge in [-0.15, -0.1) is 0 Å². The fourth-order valence-electron chi connectivity index (χ4n) is 2.34. The molecule has 0 bridgehead atoms. The number of halogens is 4. The van der Waals surface area contributed by atoms with Gasteiger partial charge in [-0.05, 0) is 36.9 Å². The number of aromatic nitrogens is 1. The van der Waals surface area contributed by atoms with Gasteiger partial charge in [0.2, 0.25) is 0 Å². The maximum Gasteiger partial charge on any atom is 0.446 e. The number of fused-ring (bicyclic) bond motifs is 1. The van der Waals surface area contributed by atoms with Gasteiger partial charge >= 0.3 is 5.51 Å². The number of thioether (sulfide) groups is 1. The van der Waals surface area contributed by atoms with E-state index >= 15 is 0 Å². The van der Waals surface area contributed by atoms with Gasteiger partial charge in [0.25, 0.3) is 0 Å². The molecular formula is C17H11ClF3NS. The minimum atomic E-state index is -4.38. The van der Waals surface area contributed by atoms with Crippen molar-refractivity contribution in [1.82, 2.24) is 4.98 Å². The maximum absolute atomic E-state index is 12.9. The Kier molecular flexibility index (Phi) is 4.25. The van der Waals surface area contributed by atoms with E-state index in [1.807, 2.05) is 19.1 Å². The summed E-state index contributed by atoms with van der Waals surface area (Å²) in [6.07, 6.45) is 0. The monoisotopic (exact) mass is 353 g/mol. The van der Waals surface area contributed by atoms with Crippen molar-refractivity contribution in [1.29, 1.82) is 0 Å². The van der Waals surface area contributed by atoms with Crippen molar-refractivity contribution in [3.63, 3.8) is 0 Å². The highest BCUT2D eigenvalue weighted by molar-refractivity contribution is 8.00. The second kappa shape index (κ2) is 6.06. The fraction of sp³-hybridized carbons (Fsp3) is 0.118. The van der Waals surface area contributed by atoms with E-state index in [1.165, 1.54) is 6.07 Å². The molecule has 0 spiro atoms. The zero-order chi connectivity index (χ0) is 16.6. The number of benzene rings is 2. The van der Waals surface area contributed by atoms with Crippen LogP contribution in [0.2, 0.25) is 5.02 Å². The van der Waals surface area contributed by atoms with Gasteiger partial charge in [0.05, 0.1) is 16.2 Å². The van der Waals surface area contributed by atoms with E-state index in [4.69, 9.17) is 11.6 Å². The fourth-order valence-corrected chi connectivity index (χ4v) is 3.26. The number of hydrogen-bond acceptors (Lipinski definition) is 2. The van der Waals surface area contributed by atoms with E-state index in [-0.39, 0.29) is 22.4 Å². The molecule has 0 radical (unpaired) electrons. The Labute approximate surface area is 140 Å². The predicted octanol–water partition coefficient (Wildman–Crippen LogP) is 6.48. The summed E-state index contributed by atoms with van der Waals surface area (Å²) in [5, 5.41) is 1.00. The minimum Gasteiger partial charge on any atom is -0.245 e. The number of hydrogen-bond donors (Lipinski definition) is 0. The van der Waals surface area contributed by atoms with Crippen LogP contribution in [-0.4, -0.2) is 10.5 Å². The minimum absolute atomic E-state index is 0.0675. The maximum atomic E-state index is 12.9. The summed E-state index contributed by atoms with van der Waals surface area (Å²) in [4.78, 5) is 4.48. The molecule has 0 atom stereocenters. The summed E-state index contributed by atoms with van der Waals surface area (Å²) < 4.78 is 38.7. The largest absolute Gasteiger partial charge is 0.446 e. The van der Waals surface area contributed by atoms with E-state index in [2.05, 4.69) is 4.98 Å². The molecule has 2 aromatic carbocycles. The van der Waals surface area contributed by atoms with Gasteiger partial charge < -0.3 is 0 Å². The Morgan fingerprint density at radius 2 is 1.78 bits per heavy atom. The zero-order valence-corrected chi connectivity index (χ0v) is 13.6. The van der Waals surface area contributed by atoms with Crippen LogP contribution in [0.1, 0.15) is 5.56 Å². The number of aryl methyl sites for hydroxylation is 1. The van der Waals surface area contributed by atoms with Crippen molar-refractivity contribution in [2.45, 2.75) is 17.3 Å². The normalized spacial score (nSPS) is 11.9. The van der Waals surface area contributed by atoms with Crippen LogP contribution in [0.25, 0.3) is 22.2 Å². The summed E-state index contributed by atoms with van der Waals surface area (Å²) in [7, 11) is 0. The third-order valence-corrected chi connectivity index (χ3v) is 4.35. The third kappa shape index (κ3) is 3.62. The molecule has 1 nitrogen and oxygen atoms in total. The quantitative estimate of drug-likeness (QED) is 0.489. The molecule has 3 rings (SSSR count). The van der Waals surface area contributed by atoms with E-state index in [9.17, 15) is 13.2 Å². The van der Waals surface area contributed by atoms with E-state index in [0.717, 1.165) is 5.56 Å². The van der Waals surface area contributed by atoms with Crippen LogP contribution in [0, 0.1) is 6.92 Å². The molecular weight excluding hydrogens is 343 g/mol. The Bertz CT molecular complexity index is 877. The molecule has 0 aliphatic rings. The highest BCUT2D eigenvalue weighted by atomic mass is 35.5. The molecule has 0 saturated heterocycles. The molecule has 0 amide bonds. The van der Waals surface area contributed by atoms with Crippen LogP contribution in [0.4, 0.5) is 13.2 Å². The lowest BCUT2D eigenvalue weighted by Crippen LogP contribution is -2.01. The smallest absolute Gasteiger partial charge is 0.245 e. The summed E-state index contributed by atoms with van der Waals surface area (Å²) in [6.45, 7) is 1.88. The lowest BCUT2D eigenvalue weighted by Gasteiger charge is -2.13. The van der Waals surface area contributed by atoms with Crippen LogP contribution in [-0.2, 0) is 0 Å². The molecule has 1 aromatic heterocycles. The van der Waals surface area contributed by atoms with Crippen LogP contribution in [0.5, 0.6) is 0 Å². The van der Waals surface area contributed by atoms with Gasteiger partial charge in [-0.3, -0.25) is 0 Å². The van der Waals surface area contributed by atoms with Gasteiger partial charge in [0, 0.05) is 15.8 Å². The second-order valence-corrected chi connectivity index (χ2v) is 6.58. The molecule has 0 unspecified atom stereocenters. The summed E-state index contributed by atoms with van der Waals surface area (Å²) in [5.41, 5.74) is -2.01. The lowest BCUT2D eigenvalue weighted by molar-refractivity contribution is -0.0328. The average Bonchev–Trinajstić information content (AvgIpc) is 2.45. The van der Waals surface area contributed by atoms with Crippen LogP contribution in [0.3, 0.4) is 0 Å². The van der Waals surface area contributed by atoms with Crippen molar-refractivity contribution in [2.75, 3.05) is 0 Å². The van der Waals surface area contributed by atoms with Gasteiger partial charge in [0.1, 0.15) is 0 Å². The van der Waals surface area contributed by atoms with Gasteiger partial charge in [-0.2, -0.15) is 13.2 Å². The first-order valence-electron chi connectivity index (χ1n) is 6.75. The zero-order valence-electron chi connectivity index (χ0n) is 12.0. The predicted molar refractivity (Wildman–Crippen MR) is 88.8 cm³/mol. The first-order valence-corrected chi connectivity index (χ1v) is 7.95. The van der Waals surface area contributed by atoms with Crippen LogP contribution >= 0.6 is 23.4 Å². The number of alkyl halides is 3. The van der Waals surface area contributed by atoms with E-state index in [0.29, 0.717) is 21.5 Å². The first-order chi connectivity index (χ1) is 10.8. The molecule has 23 heavy (non-hydrogen) atoms. The highest BCUT2D eigenvalue weighted by Crippen LogP contribution is 2.42. The van der Waals surface area contributed by atoms with E-state index < -0.39 is 5.51 Å². The van der Waals surface area contributed by atoms with E-state index in [1.54, 1.807) is 30.3 Å². The highest BCUT2D eigenvalue weighted by Gasteiger charge is 2.31. The number of nitrogens with zero attached hydrogens (tertiary/aromatic N) is 1. The summed E-state index contributed by atoms with van der Waals surface area (Å²) in [6, 6.07) is 13.8. The van der Waals surface area contributed by atoms with Gasteiger partial charge in [-0.1, -0.05) is 47.5 Å². The second-order valence-electron chi connectivity index (χ2n) is 5.06. The van der Waals surface area contributed by atoms with Crippen molar-refractivity contribution in [2.24, 2.45) is 0 Å². The Morgan fingerprint density at radius 3 is 2.48 bits per heavy atom. The third-order valence-electron chi connectivity index (χ3n) is 3.28. The number of rotatable bonds is 2. The first kappa shape index (κ1) is 16.1. The van der Waals surface area contributed by atoms with Crippen LogP contribution < -0.4 is 0 Å². The lowest BCUT2D eigenvalue weighted by atomic mass is 10.1. The molecule has 1 heterocycles. The molecule has 0 fully saturated rings. The van der Waals surface area contributed by atoms with Crippen molar-refractivity contribution < 1.29 is 13.2 Å². The number of pyridine rings is 1. The Balaban J connectivity index is 2.27. The number of para-hydroxylation sites is 1. The van der Waals surface area contributed by atoms with Crippen molar-refractivity contribution in [3.8, 4) is 11.3 Å². The average molecular weight is 354 g/mol. The summed E-state index contributed by atoms with van der Waals surface area (Å²) in [5.74, 6) is 0. The Hall–Kier alpha value is -1.72. The van der Waals surface area contributed by atoms with Crippen LogP contribution in [0.15, 0.2) is 53.4 Å². The van der Waals surface area contributed by atoms with Crippen molar-refractivity contribution >= 4 is 34.3 Å². The standard InChI is InChI=1S/C17H11ClF3NS/c1-10-4-2-5-11(8-10)16-14(23-17(19,20)21)9-12-6-3-7-13(18)15(12)22-16/h2-9H,1H3. The summed E-state index contributed by atoms with van der Waals surface area (Å²) >= 11 is 5.98. The Morgan fingerprint density at radius 1 is 1.04 bits per heavy atom. The topological polar surface area (TPSA) is 12.9 Å². The SMILES string of the molecule is Cc1cccc(-c2nc3c(Cl)cccc3cc2SC(F)(F)F)c1. The molecule has 0 N–H and O–H groups in total.